The van der Waals surface area contributed by atoms with Crippen molar-refractivity contribution < 1.29 is 0 Å². The van der Waals surface area contributed by atoms with Gasteiger partial charge in [0.05, 0.1) is 0 Å². The minimum Gasteiger partial charge on any atom is -0.312 e. The predicted octanol–water partition coefficient (Wildman–Crippen LogP) is 3.10. The fourth-order valence-electron chi connectivity index (χ4n) is 4.40. The highest BCUT2D eigenvalue weighted by Crippen LogP contribution is 2.27. The summed E-state index contributed by atoms with van der Waals surface area (Å²) in [5.41, 5.74) is 0. The van der Waals surface area contributed by atoms with E-state index in [1.165, 1.54) is 77.7 Å². The second-order valence-electron chi connectivity index (χ2n) is 6.92. The first kappa shape index (κ1) is 17.2. The summed E-state index contributed by atoms with van der Waals surface area (Å²) in [4.78, 5) is 5.48. The molecule has 3 heteroatoms. The number of rotatable bonds is 7. The van der Waals surface area contributed by atoms with Crippen molar-refractivity contribution in [2.75, 3.05) is 32.7 Å². The second kappa shape index (κ2) is 9.12. The van der Waals surface area contributed by atoms with Gasteiger partial charge in [-0.05, 0) is 45.3 Å². The smallest absolute Gasteiger partial charge is 0.0250 e. The van der Waals surface area contributed by atoms with Gasteiger partial charge in [0, 0.05) is 31.2 Å². The molecule has 1 aliphatic heterocycles. The van der Waals surface area contributed by atoms with Crippen LogP contribution in [0.15, 0.2) is 0 Å². The molecule has 0 amide bonds. The molecule has 3 nitrogen and oxygen atoms in total. The Morgan fingerprint density at radius 3 is 2.48 bits per heavy atom. The average Bonchev–Trinajstić information content (AvgIpc) is 2.85. The number of hydrogen-bond donors (Lipinski definition) is 1. The van der Waals surface area contributed by atoms with Crippen molar-refractivity contribution in [1.29, 1.82) is 0 Å². The fraction of sp³-hybridized carbons (Fsp3) is 1.00. The van der Waals surface area contributed by atoms with Gasteiger partial charge in [0.2, 0.25) is 0 Å². The molecule has 3 atom stereocenters. The zero-order valence-corrected chi connectivity index (χ0v) is 14.6. The van der Waals surface area contributed by atoms with E-state index in [9.17, 15) is 0 Å². The van der Waals surface area contributed by atoms with E-state index in [1.54, 1.807) is 0 Å². The molecule has 1 heterocycles. The second-order valence-corrected chi connectivity index (χ2v) is 6.92. The molecule has 2 fully saturated rings. The van der Waals surface area contributed by atoms with Crippen molar-refractivity contribution in [3.05, 3.63) is 0 Å². The first-order valence-corrected chi connectivity index (χ1v) is 9.51. The van der Waals surface area contributed by atoms with Crippen LogP contribution in [-0.4, -0.2) is 60.6 Å². The van der Waals surface area contributed by atoms with Gasteiger partial charge in [0.25, 0.3) is 0 Å². The van der Waals surface area contributed by atoms with Gasteiger partial charge < -0.3 is 5.32 Å². The Hall–Kier alpha value is -0.120. The van der Waals surface area contributed by atoms with Gasteiger partial charge in [-0.1, -0.05) is 40.0 Å². The summed E-state index contributed by atoms with van der Waals surface area (Å²) >= 11 is 0. The summed E-state index contributed by atoms with van der Waals surface area (Å²) in [6.45, 7) is 13.1. The highest BCUT2D eigenvalue weighted by Gasteiger charge is 2.34. The molecule has 0 bridgehead atoms. The number of likely N-dealkylation sites (N-methyl/N-ethyl adjacent to an activating group) is 1. The van der Waals surface area contributed by atoms with Crippen LogP contribution >= 0.6 is 0 Å². The highest BCUT2D eigenvalue weighted by molar-refractivity contribution is 4.93. The van der Waals surface area contributed by atoms with Crippen molar-refractivity contribution in [2.24, 2.45) is 0 Å². The Labute approximate surface area is 132 Å². The molecule has 1 saturated heterocycles. The summed E-state index contributed by atoms with van der Waals surface area (Å²) in [5.74, 6) is 0. The predicted molar refractivity (Wildman–Crippen MR) is 91.9 cm³/mol. The van der Waals surface area contributed by atoms with Crippen LogP contribution in [0.3, 0.4) is 0 Å². The normalized spacial score (nSPS) is 31.7. The van der Waals surface area contributed by atoms with Crippen LogP contribution in [0.25, 0.3) is 0 Å². The third kappa shape index (κ3) is 4.67. The number of nitrogens with one attached hydrogen (secondary N) is 1. The lowest BCUT2D eigenvalue weighted by Crippen LogP contribution is -2.50. The van der Waals surface area contributed by atoms with Crippen molar-refractivity contribution >= 4 is 0 Å². The summed E-state index contributed by atoms with van der Waals surface area (Å²) < 4.78 is 0. The molecule has 2 aliphatic rings. The first-order valence-electron chi connectivity index (χ1n) is 9.51. The number of likely N-dealkylation sites (tertiary alicyclic amines) is 1. The maximum atomic E-state index is 3.86. The lowest BCUT2D eigenvalue weighted by Gasteiger charge is -2.35. The zero-order chi connectivity index (χ0) is 15.1. The average molecular weight is 296 g/mol. The summed E-state index contributed by atoms with van der Waals surface area (Å²) in [6.07, 6.45) is 9.72. The maximum Gasteiger partial charge on any atom is 0.0250 e. The van der Waals surface area contributed by atoms with Gasteiger partial charge in [-0.15, -0.1) is 0 Å². The topological polar surface area (TPSA) is 18.5 Å². The van der Waals surface area contributed by atoms with E-state index in [0.717, 1.165) is 18.1 Å². The Balaban J connectivity index is 1.94. The molecule has 21 heavy (non-hydrogen) atoms. The lowest BCUT2D eigenvalue weighted by atomic mass is 10.0. The molecule has 0 radical (unpaired) electrons. The molecular weight excluding hydrogens is 258 g/mol. The molecular formula is C18H37N3. The minimum atomic E-state index is 0.739. The van der Waals surface area contributed by atoms with Gasteiger partial charge in [-0.25, -0.2) is 0 Å². The van der Waals surface area contributed by atoms with Crippen LogP contribution in [-0.2, 0) is 0 Å². The molecule has 2 rings (SSSR count). The van der Waals surface area contributed by atoms with E-state index in [1.807, 2.05) is 0 Å². The fourth-order valence-corrected chi connectivity index (χ4v) is 4.40. The zero-order valence-electron chi connectivity index (χ0n) is 14.6. The maximum absolute atomic E-state index is 3.86. The van der Waals surface area contributed by atoms with E-state index in [-0.39, 0.29) is 0 Å². The van der Waals surface area contributed by atoms with Crippen LogP contribution in [0, 0.1) is 0 Å². The molecule has 1 aliphatic carbocycles. The Kier molecular flexibility index (Phi) is 7.48. The number of hydrogen-bond acceptors (Lipinski definition) is 3. The molecule has 1 N–H and O–H groups in total. The van der Waals surface area contributed by atoms with Crippen LogP contribution in [0.1, 0.15) is 65.7 Å². The molecule has 0 spiro atoms. The van der Waals surface area contributed by atoms with Crippen LogP contribution in [0.2, 0.25) is 0 Å². The molecule has 3 unspecified atom stereocenters. The Morgan fingerprint density at radius 2 is 1.76 bits per heavy atom. The number of nitrogens with zero attached hydrogens (tertiary/aromatic N) is 2. The van der Waals surface area contributed by atoms with E-state index in [2.05, 4.69) is 35.9 Å². The Bertz CT molecular complexity index is 278. The Morgan fingerprint density at radius 1 is 1.00 bits per heavy atom. The minimum absolute atomic E-state index is 0.739. The quantitative estimate of drug-likeness (QED) is 0.728. The van der Waals surface area contributed by atoms with Crippen molar-refractivity contribution in [2.45, 2.75) is 83.8 Å². The van der Waals surface area contributed by atoms with E-state index >= 15 is 0 Å². The van der Waals surface area contributed by atoms with Crippen LogP contribution in [0.4, 0.5) is 0 Å². The van der Waals surface area contributed by atoms with Crippen molar-refractivity contribution in [1.82, 2.24) is 15.1 Å². The monoisotopic (exact) mass is 295 g/mol. The largest absolute Gasteiger partial charge is 0.312 e. The summed E-state index contributed by atoms with van der Waals surface area (Å²) in [7, 11) is 0. The van der Waals surface area contributed by atoms with Gasteiger partial charge in [0.15, 0.2) is 0 Å². The van der Waals surface area contributed by atoms with Gasteiger partial charge >= 0.3 is 0 Å². The van der Waals surface area contributed by atoms with E-state index in [4.69, 9.17) is 0 Å². The highest BCUT2D eigenvalue weighted by atomic mass is 15.3. The lowest BCUT2D eigenvalue weighted by molar-refractivity contribution is 0.155. The first-order chi connectivity index (χ1) is 10.3. The molecule has 0 aromatic rings. The van der Waals surface area contributed by atoms with E-state index in [0.29, 0.717) is 0 Å². The summed E-state index contributed by atoms with van der Waals surface area (Å²) in [5, 5.41) is 3.86. The van der Waals surface area contributed by atoms with Crippen molar-refractivity contribution in [3.8, 4) is 0 Å². The standard InChI is InChI=1S/C18H37N3/c1-4-13-19-17-10-8-7-9-11-18(17)21-14-12-16(15-21)20(5-2)6-3/h16-19H,4-15H2,1-3H3. The van der Waals surface area contributed by atoms with Crippen LogP contribution < -0.4 is 5.32 Å². The van der Waals surface area contributed by atoms with Gasteiger partial charge in [0.1, 0.15) is 0 Å². The van der Waals surface area contributed by atoms with Crippen molar-refractivity contribution in [3.63, 3.8) is 0 Å². The molecule has 1 saturated carbocycles. The third-order valence-electron chi connectivity index (χ3n) is 5.63. The van der Waals surface area contributed by atoms with Gasteiger partial charge in [-0.2, -0.15) is 0 Å². The van der Waals surface area contributed by atoms with Gasteiger partial charge in [-0.3, -0.25) is 9.80 Å². The van der Waals surface area contributed by atoms with E-state index < -0.39 is 0 Å². The molecule has 0 aromatic carbocycles. The van der Waals surface area contributed by atoms with Crippen LogP contribution in [0.5, 0.6) is 0 Å². The molecule has 124 valence electrons. The molecule has 0 aromatic heterocycles. The summed E-state index contributed by atoms with van der Waals surface area (Å²) in [6, 6.07) is 2.33. The third-order valence-corrected chi connectivity index (χ3v) is 5.63. The SMILES string of the molecule is CCCNC1CCCCCC1N1CCC(N(CC)CC)C1.